The van der Waals surface area contributed by atoms with E-state index in [-0.39, 0.29) is 23.5 Å². The maximum atomic E-state index is 12.9. The summed E-state index contributed by atoms with van der Waals surface area (Å²) >= 11 is 6.92. The summed E-state index contributed by atoms with van der Waals surface area (Å²) in [5, 5.41) is 8.64. The summed E-state index contributed by atoms with van der Waals surface area (Å²) in [6, 6.07) is 19.3. The molecule has 0 spiro atoms. The van der Waals surface area contributed by atoms with E-state index in [9.17, 15) is 18.0 Å². The Labute approximate surface area is 287 Å². The molecule has 13 heteroatoms. The van der Waals surface area contributed by atoms with Crippen molar-refractivity contribution in [3.63, 3.8) is 0 Å². The molecule has 4 aromatic rings. The third kappa shape index (κ3) is 9.10. The van der Waals surface area contributed by atoms with Gasteiger partial charge in [0, 0.05) is 12.1 Å². The van der Waals surface area contributed by atoms with Gasteiger partial charge in [-0.15, -0.1) is 18.3 Å². The van der Waals surface area contributed by atoms with Gasteiger partial charge in [0.15, 0.2) is 16.1 Å². The van der Waals surface area contributed by atoms with Gasteiger partial charge in [0.2, 0.25) is 5.91 Å². The molecule has 0 saturated carbocycles. The molecule has 0 bridgehead atoms. The average molecular weight is 693 g/mol. The van der Waals surface area contributed by atoms with Crippen molar-refractivity contribution in [2.24, 2.45) is 10.9 Å². The van der Waals surface area contributed by atoms with Gasteiger partial charge in [0.05, 0.1) is 17.1 Å². The first-order chi connectivity index (χ1) is 22.9. The molecular formula is C35H35F3N6O2S2. The molecule has 1 N–H and O–H groups in total. The Morgan fingerprint density at radius 3 is 2.62 bits per heavy atom. The average Bonchev–Trinajstić information content (AvgIpc) is 3.66. The van der Waals surface area contributed by atoms with Crippen LogP contribution in [0.15, 0.2) is 84.1 Å². The monoisotopic (exact) mass is 692 g/mol. The Morgan fingerprint density at radius 2 is 1.90 bits per heavy atom. The van der Waals surface area contributed by atoms with Gasteiger partial charge in [-0.25, -0.2) is 9.67 Å². The zero-order valence-corrected chi connectivity index (χ0v) is 28.5. The molecule has 3 aromatic carbocycles. The molecule has 5 rings (SSSR count). The standard InChI is InChI=1S/C35H35F3N6O2S2/c1-22(2)29-15-9-24(4)18-30(29)44-31(45)20-48-34(44)41-33(47)39-17-16-23(3)8-10-25-6-5-7-26(19-25)32-40-21-43(42-32)27-11-13-28(14-12-27)46-35(36,37)38/h5-15,18-19,21-23H,16-17,20H2,1-4H3,(H,39,47)/b10-8+,41-34?. The van der Waals surface area contributed by atoms with E-state index in [0.29, 0.717) is 34.1 Å². The van der Waals surface area contributed by atoms with E-state index in [2.05, 4.69) is 64.1 Å². The highest BCUT2D eigenvalue weighted by atomic mass is 32.2. The van der Waals surface area contributed by atoms with E-state index in [4.69, 9.17) is 12.2 Å². The Balaban J connectivity index is 1.15. The van der Waals surface area contributed by atoms with Crippen LogP contribution >= 0.6 is 24.0 Å². The van der Waals surface area contributed by atoms with Crippen LogP contribution in [0.2, 0.25) is 0 Å². The molecule has 1 fully saturated rings. The van der Waals surface area contributed by atoms with E-state index in [1.54, 1.807) is 4.90 Å². The van der Waals surface area contributed by atoms with Crippen LogP contribution in [0.25, 0.3) is 23.2 Å². The maximum Gasteiger partial charge on any atom is 0.573 e. The lowest BCUT2D eigenvalue weighted by molar-refractivity contribution is -0.274. The molecular weight excluding hydrogens is 658 g/mol. The summed E-state index contributed by atoms with van der Waals surface area (Å²) in [7, 11) is 0. The number of aliphatic imine (C=N–C) groups is 1. The topological polar surface area (TPSA) is 84.6 Å². The van der Waals surface area contributed by atoms with Crippen molar-refractivity contribution < 1.29 is 22.7 Å². The van der Waals surface area contributed by atoms with E-state index in [0.717, 1.165) is 34.4 Å². The normalized spacial score (nSPS) is 15.1. The van der Waals surface area contributed by atoms with Gasteiger partial charge in [-0.3, -0.25) is 9.69 Å². The molecule has 1 unspecified atom stereocenters. The number of nitrogens with zero attached hydrogens (tertiary/aromatic N) is 5. The maximum absolute atomic E-state index is 12.9. The summed E-state index contributed by atoms with van der Waals surface area (Å²) in [5.74, 6) is 0.983. The van der Waals surface area contributed by atoms with Crippen molar-refractivity contribution >= 4 is 51.9 Å². The number of allylic oxidation sites excluding steroid dienone is 1. The number of benzene rings is 3. The van der Waals surface area contributed by atoms with Gasteiger partial charge in [0.25, 0.3) is 0 Å². The number of carbonyl (C=O) groups excluding carboxylic acids is 1. The number of halogens is 3. The number of amides is 1. The van der Waals surface area contributed by atoms with Gasteiger partial charge >= 0.3 is 6.36 Å². The highest BCUT2D eigenvalue weighted by Crippen LogP contribution is 2.34. The number of anilines is 1. The first-order valence-corrected chi connectivity index (χ1v) is 16.7. The van der Waals surface area contributed by atoms with Crippen LogP contribution in [0.4, 0.5) is 18.9 Å². The van der Waals surface area contributed by atoms with E-state index in [1.807, 2.05) is 43.3 Å². The van der Waals surface area contributed by atoms with Crippen LogP contribution in [0.5, 0.6) is 5.75 Å². The Bertz CT molecular complexity index is 1840. The van der Waals surface area contributed by atoms with Gasteiger partial charge < -0.3 is 10.1 Å². The molecule has 0 aliphatic carbocycles. The molecule has 1 amide bonds. The number of amidine groups is 1. The summed E-state index contributed by atoms with van der Waals surface area (Å²) in [6.45, 7) is 8.96. The predicted molar refractivity (Wildman–Crippen MR) is 190 cm³/mol. The third-order valence-electron chi connectivity index (χ3n) is 7.48. The van der Waals surface area contributed by atoms with Gasteiger partial charge in [-0.05, 0) is 90.5 Å². The highest BCUT2D eigenvalue weighted by molar-refractivity contribution is 8.15. The quantitative estimate of drug-likeness (QED) is 0.167. The molecule has 1 aliphatic rings. The lowest BCUT2D eigenvalue weighted by atomic mass is 9.99. The summed E-state index contributed by atoms with van der Waals surface area (Å²) in [4.78, 5) is 23.5. The summed E-state index contributed by atoms with van der Waals surface area (Å²) < 4.78 is 42.8. The second kappa shape index (κ2) is 15.2. The van der Waals surface area contributed by atoms with Crippen LogP contribution in [0, 0.1) is 12.8 Å². The molecule has 250 valence electrons. The van der Waals surface area contributed by atoms with E-state index < -0.39 is 6.36 Å². The van der Waals surface area contributed by atoms with E-state index in [1.165, 1.54) is 47.0 Å². The van der Waals surface area contributed by atoms with Crippen molar-refractivity contribution in [2.45, 2.75) is 46.4 Å². The van der Waals surface area contributed by atoms with Gasteiger partial charge in [-0.2, -0.15) is 4.99 Å². The fourth-order valence-electron chi connectivity index (χ4n) is 5.02. The minimum absolute atomic E-state index is 0.00541. The van der Waals surface area contributed by atoms with Crippen LogP contribution in [-0.2, 0) is 4.79 Å². The molecule has 48 heavy (non-hydrogen) atoms. The fourth-order valence-corrected chi connectivity index (χ4v) is 6.14. The number of alkyl halides is 3. The molecule has 2 heterocycles. The van der Waals surface area contributed by atoms with Gasteiger partial charge in [0.1, 0.15) is 12.1 Å². The second-order valence-corrected chi connectivity index (χ2v) is 13.0. The smallest absolute Gasteiger partial charge is 0.406 e. The lowest BCUT2D eigenvalue weighted by Gasteiger charge is -2.22. The van der Waals surface area contributed by atoms with Crippen LogP contribution in [0.1, 0.15) is 49.8 Å². The molecule has 1 aromatic heterocycles. The third-order valence-corrected chi connectivity index (χ3v) is 8.64. The number of thiocarbonyl (C=S) groups is 1. The van der Waals surface area contributed by atoms with E-state index >= 15 is 0 Å². The van der Waals surface area contributed by atoms with Crippen molar-refractivity contribution in [3.05, 3.63) is 95.8 Å². The number of hydrogen-bond donors (Lipinski definition) is 1. The number of carbonyl (C=O) groups is 1. The molecule has 1 saturated heterocycles. The number of nitrogens with one attached hydrogen (secondary N) is 1. The predicted octanol–water partition coefficient (Wildman–Crippen LogP) is 8.31. The Hall–Kier alpha value is -4.49. The first-order valence-electron chi connectivity index (χ1n) is 15.4. The zero-order valence-electron chi connectivity index (χ0n) is 26.9. The number of hydrogen-bond acceptors (Lipinski definition) is 6. The zero-order chi connectivity index (χ0) is 34.4. The molecule has 0 radical (unpaired) electrons. The number of ether oxygens (including phenoxy) is 1. The summed E-state index contributed by atoms with van der Waals surface area (Å²) in [5.41, 5.74) is 5.35. The summed E-state index contributed by atoms with van der Waals surface area (Å²) in [6.07, 6.45) is 1.72. The van der Waals surface area contributed by atoms with Crippen LogP contribution in [-0.4, -0.2) is 49.6 Å². The number of aryl methyl sites for hydroxylation is 1. The van der Waals surface area contributed by atoms with Crippen LogP contribution in [0.3, 0.4) is 0 Å². The Morgan fingerprint density at radius 1 is 1.12 bits per heavy atom. The molecule has 8 nitrogen and oxygen atoms in total. The van der Waals surface area contributed by atoms with Crippen molar-refractivity contribution in [2.75, 3.05) is 17.2 Å². The Kier molecular flexibility index (Phi) is 11.0. The fraction of sp³-hybridized carbons (Fsp3) is 0.286. The lowest BCUT2D eigenvalue weighted by Crippen LogP contribution is -2.32. The SMILES string of the molecule is Cc1ccc(C(C)C)c(N2C(=O)CSC2=NC(=S)NCCC(C)/C=C/c2cccc(-c3ncn(-c4ccc(OC(F)(F)F)cc4)n3)c2)c1. The minimum atomic E-state index is -4.75. The first kappa shape index (κ1) is 34.8. The number of thioether (sulfide) groups is 1. The molecule has 1 atom stereocenters. The number of rotatable bonds is 10. The van der Waals surface area contributed by atoms with Crippen molar-refractivity contribution in [3.8, 4) is 22.8 Å². The minimum Gasteiger partial charge on any atom is -0.406 e. The highest BCUT2D eigenvalue weighted by Gasteiger charge is 2.32. The number of aromatic nitrogens is 3. The largest absolute Gasteiger partial charge is 0.573 e. The van der Waals surface area contributed by atoms with Crippen molar-refractivity contribution in [1.29, 1.82) is 0 Å². The van der Waals surface area contributed by atoms with Crippen LogP contribution < -0.4 is 15.0 Å². The van der Waals surface area contributed by atoms with Crippen molar-refractivity contribution in [1.82, 2.24) is 20.1 Å². The van der Waals surface area contributed by atoms with Gasteiger partial charge in [-0.1, -0.05) is 75.0 Å². The second-order valence-electron chi connectivity index (χ2n) is 11.7. The molecule has 1 aliphatic heterocycles.